The second kappa shape index (κ2) is 5.39. The summed E-state index contributed by atoms with van der Waals surface area (Å²) >= 11 is 6.06. The maximum absolute atomic E-state index is 12.7. The van der Waals surface area contributed by atoms with E-state index >= 15 is 0 Å². The lowest BCUT2D eigenvalue weighted by Gasteiger charge is -2.34. The van der Waals surface area contributed by atoms with Gasteiger partial charge in [-0.2, -0.15) is 0 Å². The number of ether oxygens (including phenoxy) is 1. The zero-order chi connectivity index (χ0) is 14.3. The van der Waals surface area contributed by atoms with Crippen LogP contribution in [0.15, 0.2) is 12.3 Å². The maximum Gasteiger partial charge on any atom is 0.270 e. The van der Waals surface area contributed by atoms with Crippen LogP contribution in [-0.4, -0.2) is 47.2 Å². The SMILES string of the molecule is CC(N)C1CN(C(=O)c2cc(Cl)cn2C2CC2)CCO1. The van der Waals surface area contributed by atoms with Gasteiger partial charge in [-0.1, -0.05) is 11.6 Å². The van der Waals surface area contributed by atoms with Crippen molar-refractivity contribution in [1.29, 1.82) is 0 Å². The van der Waals surface area contributed by atoms with Crippen molar-refractivity contribution in [2.45, 2.75) is 38.0 Å². The summed E-state index contributed by atoms with van der Waals surface area (Å²) in [4.78, 5) is 14.5. The molecule has 110 valence electrons. The predicted molar refractivity (Wildman–Crippen MR) is 77.0 cm³/mol. The summed E-state index contributed by atoms with van der Waals surface area (Å²) in [7, 11) is 0. The Morgan fingerprint density at radius 1 is 1.55 bits per heavy atom. The van der Waals surface area contributed by atoms with Crippen molar-refractivity contribution in [1.82, 2.24) is 9.47 Å². The van der Waals surface area contributed by atoms with Crippen molar-refractivity contribution >= 4 is 17.5 Å². The highest BCUT2D eigenvalue weighted by molar-refractivity contribution is 6.31. The van der Waals surface area contributed by atoms with Crippen molar-refractivity contribution in [3.05, 3.63) is 23.0 Å². The van der Waals surface area contributed by atoms with Gasteiger partial charge in [-0.25, -0.2) is 0 Å². The quantitative estimate of drug-likeness (QED) is 0.923. The van der Waals surface area contributed by atoms with Gasteiger partial charge in [0.05, 0.1) is 17.7 Å². The van der Waals surface area contributed by atoms with Gasteiger partial charge in [-0.15, -0.1) is 0 Å². The van der Waals surface area contributed by atoms with Gasteiger partial charge in [0, 0.05) is 31.4 Å². The van der Waals surface area contributed by atoms with E-state index < -0.39 is 0 Å². The number of amides is 1. The van der Waals surface area contributed by atoms with Gasteiger partial charge < -0.3 is 19.9 Å². The van der Waals surface area contributed by atoms with Crippen LogP contribution in [-0.2, 0) is 4.74 Å². The fourth-order valence-electron chi connectivity index (χ4n) is 2.61. The van der Waals surface area contributed by atoms with Gasteiger partial charge in [0.2, 0.25) is 0 Å². The Balaban J connectivity index is 1.78. The molecule has 6 heteroatoms. The molecule has 2 atom stereocenters. The molecule has 20 heavy (non-hydrogen) atoms. The molecule has 1 aromatic heterocycles. The normalized spacial score (nSPS) is 24.8. The largest absolute Gasteiger partial charge is 0.373 e. The first-order chi connectivity index (χ1) is 9.56. The second-order valence-electron chi connectivity index (χ2n) is 5.70. The van der Waals surface area contributed by atoms with Gasteiger partial charge in [-0.3, -0.25) is 4.79 Å². The summed E-state index contributed by atoms with van der Waals surface area (Å²) < 4.78 is 7.61. The zero-order valence-electron chi connectivity index (χ0n) is 11.6. The fourth-order valence-corrected chi connectivity index (χ4v) is 2.82. The summed E-state index contributed by atoms with van der Waals surface area (Å²) in [6.45, 7) is 3.59. The maximum atomic E-state index is 12.7. The molecule has 5 nitrogen and oxygen atoms in total. The molecule has 2 fully saturated rings. The third-order valence-electron chi connectivity index (χ3n) is 3.94. The number of aromatic nitrogens is 1. The van der Waals surface area contributed by atoms with Crippen LogP contribution >= 0.6 is 11.6 Å². The second-order valence-corrected chi connectivity index (χ2v) is 6.14. The molecule has 0 spiro atoms. The van der Waals surface area contributed by atoms with Crippen LogP contribution in [0.1, 0.15) is 36.3 Å². The standard InChI is InChI=1S/C14H20ClN3O2/c1-9(16)13-8-17(4-5-20-13)14(19)12-6-10(15)7-18(12)11-2-3-11/h6-7,9,11,13H,2-5,8,16H2,1H3. The smallest absolute Gasteiger partial charge is 0.270 e. The lowest BCUT2D eigenvalue weighted by Crippen LogP contribution is -2.51. The van der Waals surface area contributed by atoms with E-state index in [0.29, 0.717) is 36.5 Å². The number of carbonyl (C=O) groups is 1. The molecule has 2 N–H and O–H groups in total. The Morgan fingerprint density at radius 2 is 2.30 bits per heavy atom. The monoisotopic (exact) mass is 297 g/mol. The van der Waals surface area contributed by atoms with Gasteiger partial charge >= 0.3 is 0 Å². The highest BCUT2D eigenvalue weighted by atomic mass is 35.5. The molecule has 0 radical (unpaired) electrons. The van der Waals surface area contributed by atoms with Crippen LogP contribution in [0.4, 0.5) is 0 Å². The van der Waals surface area contributed by atoms with Crippen molar-refractivity contribution in [2.75, 3.05) is 19.7 Å². The molecular weight excluding hydrogens is 278 g/mol. The first-order valence-electron chi connectivity index (χ1n) is 7.10. The van der Waals surface area contributed by atoms with E-state index in [1.165, 1.54) is 0 Å². The topological polar surface area (TPSA) is 60.5 Å². The number of nitrogens with zero attached hydrogens (tertiary/aromatic N) is 2. The minimum atomic E-state index is -0.0903. The fraction of sp³-hybridized carbons (Fsp3) is 0.643. The molecule has 0 bridgehead atoms. The average molecular weight is 298 g/mol. The molecule has 1 saturated carbocycles. The van der Waals surface area contributed by atoms with Gasteiger partial charge in [-0.05, 0) is 25.8 Å². The van der Waals surface area contributed by atoms with E-state index in [1.807, 2.05) is 22.6 Å². The number of hydrogen-bond donors (Lipinski definition) is 1. The molecular formula is C14H20ClN3O2. The van der Waals surface area contributed by atoms with Crippen LogP contribution in [0.25, 0.3) is 0 Å². The molecule has 3 rings (SSSR count). The summed E-state index contributed by atoms with van der Waals surface area (Å²) in [6, 6.07) is 2.12. The highest BCUT2D eigenvalue weighted by Crippen LogP contribution is 2.37. The molecule has 2 heterocycles. The van der Waals surface area contributed by atoms with E-state index in [4.69, 9.17) is 22.1 Å². The van der Waals surface area contributed by atoms with Gasteiger partial charge in [0.15, 0.2) is 0 Å². The summed E-state index contributed by atoms with van der Waals surface area (Å²) in [6.07, 6.45) is 4.01. The molecule has 1 saturated heterocycles. The Morgan fingerprint density at radius 3 is 2.95 bits per heavy atom. The minimum Gasteiger partial charge on any atom is -0.373 e. The number of hydrogen-bond acceptors (Lipinski definition) is 3. The molecule has 1 aliphatic carbocycles. The Hall–Kier alpha value is -1.04. The van der Waals surface area contributed by atoms with Crippen molar-refractivity contribution in [3.63, 3.8) is 0 Å². The van der Waals surface area contributed by atoms with E-state index in [2.05, 4.69) is 0 Å². The van der Waals surface area contributed by atoms with Crippen LogP contribution in [0.3, 0.4) is 0 Å². The molecule has 2 unspecified atom stereocenters. The summed E-state index contributed by atoms with van der Waals surface area (Å²) in [5.41, 5.74) is 6.55. The predicted octanol–water partition coefficient (Wildman–Crippen LogP) is 1.66. The van der Waals surface area contributed by atoms with Crippen molar-refractivity contribution in [3.8, 4) is 0 Å². The number of halogens is 1. The third kappa shape index (κ3) is 2.71. The van der Waals surface area contributed by atoms with E-state index in [-0.39, 0.29) is 18.1 Å². The zero-order valence-corrected chi connectivity index (χ0v) is 12.3. The van der Waals surface area contributed by atoms with Crippen LogP contribution in [0, 0.1) is 0 Å². The van der Waals surface area contributed by atoms with Crippen LogP contribution in [0.5, 0.6) is 0 Å². The first-order valence-corrected chi connectivity index (χ1v) is 7.48. The van der Waals surface area contributed by atoms with E-state index in [9.17, 15) is 4.79 Å². The summed E-state index contributed by atoms with van der Waals surface area (Å²) in [5.74, 6) is 0.0257. The molecule has 1 amide bonds. The number of carbonyl (C=O) groups excluding carboxylic acids is 1. The van der Waals surface area contributed by atoms with Crippen molar-refractivity contribution < 1.29 is 9.53 Å². The van der Waals surface area contributed by atoms with Gasteiger partial charge in [0.25, 0.3) is 5.91 Å². The van der Waals surface area contributed by atoms with E-state index in [1.54, 1.807) is 6.07 Å². The summed E-state index contributed by atoms with van der Waals surface area (Å²) in [5, 5.41) is 0.622. The van der Waals surface area contributed by atoms with Crippen LogP contribution in [0.2, 0.25) is 5.02 Å². The molecule has 1 aliphatic heterocycles. The minimum absolute atomic E-state index is 0.0257. The first kappa shape index (κ1) is 13.9. The molecule has 1 aromatic rings. The number of nitrogens with two attached hydrogens (primary N) is 1. The average Bonchev–Trinajstić information content (AvgIpc) is 3.21. The third-order valence-corrected chi connectivity index (χ3v) is 4.15. The highest BCUT2D eigenvalue weighted by Gasteiger charge is 2.32. The Kier molecular flexibility index (Phi) is 3.75. The number of morpholine rings is 1. The Bertz CT molecular complexity index is 511. The lowest BCUT2D eigenvalue weighted by molar-refractivity contribution is -0.0303. The van der Waals surface area contributed by atoms with Gasteiger partial charge in [0.1, 0.15) is 5.69 Å². The van der Waals surface area contributed by atoms with Crippen LogP contribution < -0.4 is 5.73 Å². The van der Waals surface area contributed by atoms with Crippen molar-refractivity contribution in [2.24, 2.45) is 5.73 Å². The lowest BCUT2D eigenvalue weighted by atomic mass is 10.1. The number of rotatable bonds is 3. The molecule has 2 aliphatic rings. The molecule has 0 aromatic carbocycles. The Labute approximate surface area is 123 Å². The van der Waals surface area contributed by atoms with E-state index in [0.717, 1.165) is 12.8 Å².